The molecule has 124 valence electrons. The second-order valence-corrected chi connectivity index (χ2v) is 5.36. The van der Waals surface area contributed by atoms with E-state index in [1.807, 2.05) is 35.8 Å². The molecule has 1 aromatic carbocycles. The predicted molar refractivity (Wildman–Crippen MR) is 80.2 cm³/mol. The molecule has 0 aromatic heterocycles. The van der Waals surface area contributed by atoms with Gasteiger partial charge in [-0.15, -0.1) is 0 Å². The Morgan fingerprint density at radius 1 is 1.17 bits per heavy atom. The fourth-order valence-corrected chi connectivity index (χ4v) is 2.03. The molecule has 1 aromatic rings. The second-order valence-electron chi connectivity index (χ2n) is 5.36. The average Bonchev–Trinajstić information content (AvgIpc) is 3.35. The highest BCUT2D eigenvalue weighted by molar-refractivity contribution is 5.86. The van der Waals surface area contributed by atoms with Gasteiger partial charge in [-0.25, -0.2) is 15.0 Å². The summed E-state index contributed by atoms with van der Waals surface area (Å²) in [6.07, 6.45) is 0.349. The van der Waals surface area contributed by atoms with E-state index in [4.69, 9.17) is 9.84 Å². The first-order chi connectivity index (χ1) is 11.0. The van der Waals surface area contributed by atoms with Gasteiger partial charge in [-0.1, -0.05) is 43.2 Å². The molecule has 2 rings (SSSR count). The highest BCUT2D eigenvalue weighted by Crippen LogP contribution is 2.33. The van der Waals surface area contributed by atoms with Gasteiger partial charge in [0.2, 0.25) is 0 Å². The lowest BCUT2D eigenvalue weighted by Crippen LogP contribution is -2.52. The van der Waals surface area contributed by atoms with Gasteiger partial charge < -0.3 is 15.2 Å². The summed E-state index contributed by atoms with van der Waals surface area (Å²) in [7, 11) is 0. The summed E-state index contributed by atoms with van der Waals surface area (Å²) in [5, 5.41) is 11.0. The van der Waals surface area contributed by atoms with Gasteiger partial charge in [0.25, 0.3) is 5.91 Å². The van der Waals surface area contributed by atoms with Crippen molar-refractivity contribution in [1.82, 2.24) is 16.2 Å². The number of hydrazine groups is 1. The van der Waals surface area contributed by atoms with Crippen molar-refractivity contribution in [2.24, 2.45) is 5.92 Å². The number of carboxylic acid groups (broad SMARTS) is 1. The minimum Gasteiger partial charge on any atom is -0.464 e. The van der Waals surface area contributed by atoms with Gasteiger partial charge in [0.05, 0.1) is 0 Å². The molecule has 1 fully saturated rings. The van der Waals surface area contributed by atoms with Crippen molar-refractivity contribution in [3.8, 4) is 0 Å². The SMILES string of the molecule is O=C(O)NNC(=O)[C@H](CC1CC1)NC(=O)OCc1ccccc1. The van der Waals surface area contributed by atoms with Crippen molar-refractivity contribution < 1.29 is 24.2 Å². The average molecular weight is 321 g/mol. The molecule has 1 saturated carbocycles. The van der Waals surface area contributed by atoms with Crippen LogP contribution in [0.2, 0.25) is 0 Å². The van der Waals surface area contributed by atoms with E-state index in [2.05, 4.69) is 5.32 Å². The van der Waals surface area contributed by atoms with E-state index in [1.165, 1.54) is 0 Å². The van der Waals surface area contributed by atoms with Gasteiger partial charge in [0.1, 0.15) is 12.6 Å². The van der Waals surface area contributed by atoms with Crippen LogP contribution in [0.5, 0.6) is 0 Å². The Morgan fingerprint density at radius 3 is 2.48 bits per heavy atom. The van der Waals surface area contributed by atoms with Crippen LogP contribution in [0.4, 0.5) is 9.59 Å². The number of nitrogens with one attached hydrogen (secondary N) is 3. The summed E-state index contributed by atoms with van der Waals surface area (Å²) in [5.41, 5.74) is 4.64. The van der Waals surface area contributed by atoms with Crippen LogP contribution in [0.25, 0.3) is 0 Å². The van der Waals surface area contributed by atoms with Crippen LogP contribution in [0.1, 0.15) is 24.8 Å². The first-order valence-corrected chi connectivity index (χ1v) is 7.30. The molecule has 1 aliphatic carbocycles. The molecule has 0 radical (unpaired) electrons. The van der Waals surface area contributed by atoms with Crippen molar-refractivity contribution >= 4 is 18.1 Å². The van der Waals surface area contributed by atoms with Crippen molar-refractivity contribution in [1.29, 1.82) is 0 Å². The minimum absolute atomic E-state index is 0.0951. The fourth-order valence-electron chi connectivity index (χ4n) is 2.03. The summed E-state index contributed by atoms with van der Waals surface area (Å²) in [6, 6.07) is 8.32. The first kappa shape index (κ1) is 16.6. The summed E-state index contributed by atoms with van der Waals surface area (Å²) < 4.78 is 5.07. The third-order valence-electron chi connectivity index (χ3n) is 3.38. The molecule has 0 bridgehead atoms. The number of hydrogen-bond donors (Lipinski definition) is 4. The van der Waals surface area contributed by atoms with Gasteiger partial charge in [0.15, 0.2) is 0 Å². The molecule has 0 heterocycles. The maximum Gasteiger partial charge on any atom is 0.423 e. The van der Waals surface area contributed by atoms with E-state index in [1.54, 1.807) is 5.43 Å². The van der Waals surface area contributed by atoms with E-state index in [0.29, 0.717) is 12.3 Å². The zero-order valence-electron chi connectivity index (χ0n) is 12.5. The second kappa shape index (κ2) is 8.02. The molecular weight excluding hydrogens is 302 g/mol. The van der Waals surface area contributed by atoms with E-state index < -0.39 is 24.1 Å². The largest absolute Gasteiger partial charge is 0.464 e. The molecule has 0 saturated heterocycles. The lowest BCUT2D eigenvalue weighted by molar-refractivity contribution is -0.124. The third kappa shape index (κ3) is 6.25. The number of alkyl carbamates (subject to hydrolysis) is 1. The molecular formula is C15H19N3O5. The summed E-state index contributed by atoms with van der Waals surface area (Å²) in [5.74, 6) is -0.249. The number of hydrogen-bond acceptors (Lipinski definition) is 4. The number of carbonyl (C=O) groups excluding carboxylic acids is 2. The van der Waals surface area contributed by atoms with Crippen molar-refractivity contribution in [3.05, 3.63) is 35.9 Å². The highest BCUT2D eigenvalue weighted by Gasteiger charge is 2.31. The van der Waals surface area contributed by atoms with Gasteiger partial charge in [0, 0.05) is 0 Å². The maximum atomic E-state index is 11.9. The zero-order chi connectivity index (χ0) is 16.7. The van der Waals surface area contributed by atoms with Gasteiger partial charge >= 0.3 is 12.2 Å². The number of ether oxygens (including phenoxy) is 1. The van der Waals surface area contributed by atoms with Gasteiger partial charge in [-0.05, 0) is 17.9 Å². The molecule has 4 N–H and O–H groups in total. The van der Waals surface area contributed by atoms with Crippen LogP contribution in [0, 0.1) is 5.92 Å². The molecule has 1 aliphatic rings. The Kier molecular flexibility index (Phi) is 5.79. The van der Waals surface area contributed by atoms with E-state index in [0.717, 1.165) is 18.4 Å². The molecule has 8 nitrogen and oxygen atoms in total. The number of carbonyl (C=O) groups is 3. The standard InChI is InChI=1S/C15H19N3O5/c19-13(17-18-14(20)21)12(8-10-6-7-10)16-15(22)23-9-11-4-2-1-3-5-11/h1-5,10,12,18H,6-9H2,(H,16,22)(H,17,19)(H,20,21)/t12-/m0/s1. The fraction of sp³-hybridized carbons (Fsp3) is 0.400. The van der Waals surface area contributed by atoms with Crippen LogP contribution in [-0.4, -0.2) is 29.2 Å². The third-order valence-corrected chi connectivity index (χ3v) is 3.38. The van der Waals surface area contributed by atoms with E-state index >= 15 is 0 Å². The number of rotatable bonds is 6. The molecule has 0 spiro atoms. The monoisotopic (exact) mass is 321 g/mol. The maximum absolute atomic E-state index is 11.9. The Hall–Kier alpha value is -2.77. The van der Waals surface area contributed by atoms with Crippen LogP contribution < -0.4 is 16.2 Å². The molecule has 3 amide bonds. The Labute approximate surface area is 133 Å². The van der Waals surface area contributed by atoms with Crippen molar-refractivity contribution in [2.45, 2.75) is 31.9 Å². The number of amides is 3. The number of benzene rings is 1. The van der Waals surface area contributed by atoms with Crippen molar-refractivity contribution in [2.75, 3.05) is 0 Å². The molecule has 23 heavy (non-hydrogen) atoms. The van der Waals surface area contributed by atoms with Gasteiger partial charge in [-0.3, -0.25) is 10.2 Å². The van der Waals surface area contributed by atoms with E-state index in [-0.39, 0.29) is 6.61 Å². The normalized spacial score (nSPS) is 14.4. The summed E-state index contributed by atoms with van der Waals surface area (Å²) in [4.78, 5) is 34.1. The van der Waals surface area contributed by atoms with Crippen LogP contribution in [-0.2, 0) is 16.1 Å². The molecule has 8 heteroatoms. The zero-order valence-corrected chi connectivity index (χ0v) is 12.5. The Morgan fingerprint density at radius 2 is 1.87 bits per heavy atom. The Balaban J connectivity index is 1.82. The van der Waals surface area contributed by atoms with Crippen molar-refractivity contribution in [3.63, 3.8) is 0 Å². The van der Waals surface area contributed by atoms with Crippen LogP contribution >= 0.6 is 0 Å². The summed E-state index contributed by atoms with van der Waals surface area (Å²) in [6.45, 7) is 0.0951. The van der Waals surface area contributed by atoms with Gasteiger partial charge in [-0.2, -0.15) is 0 Å². The first-order valence-electron chi connectivity index (χ1n) is 7.30. The van der Waals surface area contributed by atoms with Crippen LogP contribution in [0.15, 0.2) is 30.3 Å². The molecule has 0 aliphatic heterocycles. The quantitative estimate of drug-likeness (QED) is 0.591. The lowest BCUT2D eigenvalue weighted by Gasteiger charge is -2.17. The Bertz CT molecular complexity index is 559. The highest BCUT2D eigenvalue weighted by atomic mass is 16.5. The smallest absolute Gasteiger partial charge is 0.423 e. The molecule has 0 unspecified atom stereocenters. The topological polar surface area (TPSA) is 117 Å². The van der Waals surface area contributed by atoms with E-state index in [9.17, 15) is 14.4 Å². The minimum atomic E-state index is -1.38. The van der Waals surface area contributed by atoms with Crippen LogP contribution in [0.3, 0.4) is 0 Å². The lowest BCUT2D eigenvalue weighted by atomic mass is 10.1. The summed E-state index contributed by atoms with van der Waals surface area (Å²) >= 11 is 0. The predicted octanol–water partition coefficient (Wildman–Crippen LogP) is 1.38. The molecule has 1 atom stereocenters.